The van der Waals surface area contributed by atoms with E-state index in [1.807, 2.05) is 13.8 Å². The van der Waals surface area contributed by atoms with Crippen molar-refractivity contribution >= 4 is 5.97 Å². The van der Waals surface area contributed by atoms with Crippen LogP contribution in [0.15, 0.2) is 36.9 Å². The van der Waals surface area contributed by atoms with Gasteiger partial charge in [-0.3, -0.25) is 0 Å². The Labute approximate surface area is 89.0 Å². The summed E-state index contributed by atoms with van der Waals surface area (Å²) in [7, 11) is 0. The number of carbonyl (C=O) groups is 1. The minimum atomic E-state index is -0.995. The van der Waals surface area contributed by atoms with Crippen molar-refractivity contribution in [3.05, 3.63) is 42.5 Å². The lowest BCUT2D eigenvalue weighted by Gasteiger charge is -2.23. The summed E-state index contributed by atoms with van der Waals surface area (Å²) >= 11 is 0. The van der Waals surface area contributed by atoms with Gasteiger partial charge in [-0.25, -0.2) is 4.79 Å². The molecule has 0 saturated heterocycles. The van der Waals surface area contributed by atoms with Gasteiger partial charge < -0.3 is 9.84 Å². The fraction of sp³-hybridized carbons (Fsp3) is 0.250. The molecule has 0 radical (unpaired) electrons. The van der Waals surface area contributed by atoms with Crippen LogP contribution in [0.1, 0.15) is 24.2 Å². The predicted octanol–water partition coefficient (Wildman–Crippen LogP) is 2.73. The van der Waals surface area contributed by atoms with Crippen LogP contribution >= 0.6 is 0 Å². The summed E-state index contributed by atoms with van der Waals surface area (Å²) < 4.78 is 5.54. The van der Waals surface area contributed by atoms with Crippen molar-refractivity contribution in [3.8, 4) is 5.75 Å². The third-order valence-electron chi connectivity index (χ3n) is 1.98. The van der Waals surface area contributed by atoms with Gasteiger partial charge in [0.15, 0.2) is 0 Å². The van der Waals surface area contributed by atoms with Gasteiger partial charge in [0.25, 0.3) is 0 Å². The largest absolute Gasteiger partial charge is 0.483 e. The number of hydrogen-bond donors (Lipinski definition) is 1. The second-order valence-electron chi connectivity index (χ2n) is 3.71. The fourth-order valence-electron chi connectivity index (χ4n) is 1.06. The molecule has 3 nitrogen and oxygen atoms in total. The monoisotopic (exact) mass is 206 g/mol. The normalized spacial score (nSPS) is 10.8. The fourth-order valence-corrected chi connectivity index (χ4v) is 1.06. The van der Waals surface area contributed by atoms with E-state index < -0.39 is 11.6 Å². The molecule has 0 aliphatic heterocycles. The quantitative estimate of drug-likeness (QED) is 0.770. The molecule has 80 valence electrons. The number of hydrogen-bond acceptors (Lipinski definition) is 2. The first kappa shape index (κ1) is 11.3. The Bertz CT molecular complexity index is 380. The average molecular weight is 206 g/mol. The first-order chi connectivity index (χ1) is 6.96. The van der Waals surface area contributed by atoms with E-state index in [1.54, 1.807) is 24.3 Å². The molecule has 0 saturated carbocycles. The number of aromatic carboxylic acids is 1. The predicted molar refractivity (Wildman–Crippen MR) is 58.3 cm³/mol. The molecule has 1 N–H and O–H groups in total. The molecule has 3 heteroatoms. The lowest BCUT2D eigenvalue weighted by atomic mass is 10.1. The van der Waals surface area contributed by atoms with Crippen LogP contribution in [0.25, 0.3) is 0 Å². The van der Waals surface area contributed by atoms with Gasteiger partial charge in [0.05, 0.1) is 0 Å². The highest BCUT2D eigenvalue weighted by molar-refractivity contribution is 5.90. The van der Waals surface area contributed by atoms with Crippen LogP contribution in [0.5, 0.6) is 5.75 Å². The summed E-state index contributed by atoms with van der Waals surface area (Å²) in [5, 5.41) is 8.93. The summed E-state index contributed by atoms with van der Waals surface area (Å²) in [5.41, 5.74) is -0.418. The molecule has 0 aromatic heterocycles. The molecule has 0 bridgehead atoms. The van der Waals surface area contributed by atoms with Gasteiger partial charge in [-0.05, 0) is 32.1 Å². The molecule has 0 atom stereocenters. The van der Waals surface area contributed by atoms with Crippen molar-refractivity contribution in [2.24, 2.45) is 0 Å². The van der Waals surface area contributed by atoms with E-state index in [0.717, 1.165) is 0 Å². The maximum Gasteiger partial charge on any atom is 0.339 e. The van der Waals surface area contributed by atoms with Gasteiger partial charge in [-0.15, -0.1) is 0 Å². The lowest BCUT2D eigenvalue weighted by molar-refractivity contribution is 0.0686. The molecule has 0 amide bonds. The molecule has 0 aliphatic carbocycles. The second kappa shape index (κ2) is 4.17. The Kier molecular flexibility index (Phi) is 3.14. The van der Waals surface area contributed by atoms with Crippen LogP contribution in [-0.4, -0.2) is 16.7 Å². The topological polar surface area (TPSA) is 46.5 Å². The molecular formula is C12H14O3. The third-order valence-corrected chi connectivity index (χ3v) is 1.98. The molecule has 0 fully saturated rings. The second-order valence-corrected chi connectivity index (χ2v) is 3.71. The van der Waals surface area contributed by atoms with Crippen LogP contribution in [-0.2, 0) is 0 Å². The first-order valence-corrected chi connectivity index (χ1v) is 4.61. The van der Waals surface area contributed by atoms with E-state index >= 15 is 0 Å². The molecule has 1 rings (SSSR count). The number of para-hydroxylation sites is 1. The highest BCUT2D eigenvalue weighted by atomic mass is 16.5. The zero-order valence-corrected chi connectivity index (χ0v) is 8.86. The Morgan fingerprint density at radius 3 is 2.60 bits per heavy atom. The van der Waals surface area contributed by atoms with Gasteiger partial charge >= 0.3 is 5.97 Å². The minimum absolute atomic E-state index is 0.160. The van der Waals surface area contributed by atoms with Crippen molar-refractivity contribution < 1.29 is 14.6 Å². The molecule has 0 heterocycles. The highest BCUT2D eigenvalue weighted by Crippen LogP contribution is 2.23. The number of ether oxygens (including phenoxy) is 1. The van der Waals surface area contributed by atoms with E-state index in [1.165, 1.54) is 6.07 Å². The summed E-state index contributed by atoms with van der Waals surface area (Å²) in [4.78, 5) is 10.9. The number of carboxylic acid groups (broad SMARTS) is 1. The van der Waals surface area contributed by atoms with Gasteiger partial charge in [0.1, 0.15) is 16.9 Å². The van der Waals surface area contributed by atoms with E-state index in [0.29, 0.717) is 5.75 Å². The molecule has 0 aliphatic rings. The van der Waals surface area contributed by atoms with Crippen LogP contribution in [0, 0.1) is 0 Å². The number of carboxylic acids is 1. The summed E-state index contributed by atoms with van der Waals surface area (Å²) in [6, 6.07) is 6.55. The Morgan fingerprint density at radius 2 is 2.07 bits per heavy atom. The zero-order chi connectivity index (χ0) is 11.5. The molecule has 0 unspecified atom stereocenters. The van der Waals surface area contributed by atoms with Gasteiger partial charge in [-0.1, -0.05) is 18.7 Å². The Balaban J connectivity index is 3.04. The maximum atomic E-state index is 10.9. The molecular weight excluding hydrogens is 192 g/mol. The lowest BCUT2D eigenvalue weighted by Crippen LogP contribution is -2.25. The zero-order valence-electron chi connectivity index (χ0n) is 8.86. The summed E-state index contributed by atoms with van der Waals surface area (Å²) in [6.45, 7) is 7.27. The van der Waals surface area contributed by atoms with Crippen molar-refractivity contribution in [1.82, 2.24) is 0 Å². The van der Waals surface area contributed by atoms with Gasteiger partial charge in [0, 0.05) is 0 Å². The smallest absolute Gasteiger partial charge is 0.339 e. The summed E-state index contributed by atoms with van der Waals surface area (Å²) in [6.07, 6.45) is 1.63. The van der Waals surface area contributed by atoms with Gasteiger partial charge in [0.2, 0.25) is 0 Å². The van der Waals surface area contributed by atoms with Crippen LogP contribution < -0.4 is 4.74 Å². The minimum Gasteiger partial charge on any atom is -0.483 e. The number of benzene rings is 1. The van der Waals surface area contributed by atoms with Crippen LogP contribution in [0.2, 0.25) is 0 Å². The highest BCUT2D eigenvalue weighted by Gasteiger charge is 2.18. The maximum absolute atomic E-state index is 10.9. The van der Waals surface area contributed by atoms with Crippen molar-refractivity contribution in [2.75, 3.05) is 0 Å². The molecule has 15 heavy (non-hydrogen) atoms. The molecule has 0 spiro atoms. The average Bonchev–Trinajstić information content (AvgIpc) is 2.18. The number of rotatable bonds is 4. The Hall–Kier alpha value is -1.77. The summed E-state index contributed by atoms with van der Waals surface area (Å²) in [5.74, 6) is -0.639. The molecule has 1 aromatic carbocycles. The van der Waals surface area contributed by atoms with E-state index in [2.05, 4.69) is 6.58 Å². The van der Waals surface area contributed by atoms with Crippen molar-refractivity contribution in [3.63, 3.8) is 0 Å². The standard InChI is InChI=1S/C12H14O3/c1-4-12(2,3)15-10-8-6-5-7-9(10)11(13)14/h4-8H,1H2,2-3H3,(H,13,14). The SMILES string of the molecule is C=CC(C)(C)Oc1ccccc1C(=O)O. The van der Waals surface area contributed by atoms with Crippen molar-refractivity contribution in [1.29, 1.82) is 0 Å². The third kappa shape index (κ3) is 2.84. The van der Waals surface area contributed by atoms with Crippen molar-refractivity contribution in [2.45, 2.75) is 19.4 Å². The van der Waals surface area contributed by atoms with E-state index in [-0.39, 0.29) is 5.56 Å². The van der Waals surface area contributed by atoms with Crippen LogP contribution in [0.3, 0.4) is 0 Å². The van der Waals surface area contributed by atoms with E-state index in [4.69, 9.17) is 9.84 Å². The molecule has 1 aromatic rings. The first-order valence-electron chi connectivity index (χ1n) is 4.61. The van der Waals surface area contributed by atoms with Gasteiger partial charge in [-0.2, -0.15) is 0 Å². The Morgan fingerprint density at radius 1 is 1.47 bits per heavy atom. The van der Waals surface area contributed by atoms with Crippen LogP contribution in [0.4, 0.5) is 0 Å². The van der Waals surface area contributed by atoms with E-state index in [9.17, 15) is 4.79 Å².